The van der Waals surface area contributed by atoms with Crippen LogP contribution in [0.25, 0.3) is 0 Å². The average molecular weight is 603 g/mol. The summed E-state index contributed by atoms with van der Waals surface area (Å²) in [4.78, 5) is 43.8. The van der Waals surface area contributed by atoms with Gasteiger partial charge in [0.1, 0.15) is 12.1 Å². The van der Waals surface area contributed by atoms with Gasteiger partial charge in [0.2, 0.25) is 5.91 Å². The van der Waals surface area contributed by atoms with Gasteiger partial charge in [0, 0.05) is 31.8 Å². The summed E-state index contributed by atoms with van der Waals surface area (Å²) in [5.74, 6) is 0.0120. The second kappa shape index (κ2) is 20.0. The fourth-order valence-corrected chi connectivity index (χ4v) is 5.11. The molecule has 2 aromatic rings. The molecule has 42 heavy (non-hydrogen) atoms. The van der Waals surface area contributed by atoms with Gasteiger partial charge < -0.3 is 30.5 Å². The first-order chi connectivity index (χ1) is 20.3. The highest BCUT2D eigenvalue weighted by Gasteiger charge is 2.36. The molecule has 0 radical (unpaired) electrons. The number of hydrogen-bond donors (Lipinski definition) is 4. The minimum Gasteiger partial charge on any atom is -0.388 e. The van der Waals surface area contributed by atoms with Gasteiger partial charge >= 0.3 is 0 Å². The number of thioether (sulfide) groups is 1. The number of carbonyl (C=O) groups excluding carboxylic acids is 3. The summed E-state index contributed by atoms with van der Waals surface area (Å²) in [5, 5.41) is 20.1. The summed E-state index contributed by atoms with van der Waals surface area (Å²) in [6.07, 6.45) is 2.60. The summed E-state index contributed by atoms with van der Waals surface area (Å²) < 4.78 is 10.9. The van der Waals surface area contributed by atoms with E-state index in [1.807, 2.05) is 44.2 Å². The summed E-state index contributed by atoms with van der Waals surface area (Å²) >= 11 is 1.57. The van der Waals surface area contributed by atoms with E-state index in [9.17, 15) is 19.5 Å². The van der Waals surface area contributed by atoms with Crippen molar-refractivity contribution in [2.24, 2.45) is 5.92 Å². The van der Waals surface area contributed by atoms with Crippen LogP contribution in [0.4, 0.5) is 0 Å². The number of methoxy groups -OCH3 is 1. The highest BCUT2D eigenvalue weighted by atomic mass is 32.2. The third-order valence-electron chi connectivity index (χ3n) is 6.35. The number of nitrogens with zero attached hydrogens (tertiary/aromatic N) is 1. The molecule has 0 bridgehead atoms. The van der Waals surface area contributed by atoms with E-state index in [0.29, 0.717) is 17.9 Å². The molecule has 2 unspecified atom stereocenters. The first kappa shape index (κ1) is 35.2. The van der Waals surface area contributed by atoms with Crippen molar-refractivity contribution < 1.29 is 29.0 Å². The van der Waals surface area contributed by atoms with Crippen LogP contribution in [0.15, 0.2) is 54.9 Å². The van der Waals surface area contributed by atoms with Gasteiger partial charge in [-0.15, -0.1) is 0 Å². The molecule has 1 aromatic heterocycles. The van der Waals surface area contributed by atoms with Crippen molar-refractivity contribution in [2.45, 2.75) is 64.3 Å². The van der Waals surface area contributed by atoms with Gasteiger partial charge in [-0.2, -0.15) is 11.8 Å². The minimum atomic E-state index is -1.39. The molecule has 0 aliphatic rings. The molecule has 0 aliphatic heterocycles. The summed E-state index contributed by atoms with van der Waals surface area (Å²) in [6, 6.07) is 10.9. The zero-order valence-corrected chi connectivity index (χ0v) is 25.9. The molecule has 0 saturated heterocycles. The van der Waals surface area contributed by atoms with Crippen LogP contribution in [0.1, 0.15) is 49.5 Å². The zero-order valence-electron chi connectivity index (χ0n) is 25.1. The number of unbranched alkanes of at least 4 members (excludes halogenated alkanes) is 1. The topological polar surface area (TPSA) is 139 Å². The Morgan fingerprint density at radius 3 is 2.43 bits per heavy atom. The fraction of sp³-hybridized carbons (Fsp3) is 0.548. The Labute approximate surface area is 253 Å². The van der Waals surface area contributed by atoms with E-state index in [1.54, 1.807) is 30.1 Å². The van der Waals surface area contributed by atoms with E-state index in [-0.39, 0.29) is 25.6 Å². The molecule has 4 atom stereocenters. The van der Waals surface area contributed by atoms with E-state index in [2.05, 4.69) is 27.9 Å². The maximum Gasteiger partial charge on any atom is 0.253 e. The highest BCUT2D eigenvalue weighted by molar-refractivity contribution is 7.99. The molecular formula is C31H46N4O6S. The van der Waals surface area contributed by atoms with Crippen molar-refractivity contribution in [3.8, 4) is 0 Å². The molecule has 0 fully saturated rings. The van der Waals surface area contributed by atoms with Gasteiger partial charge in [0.25, 0.3) is 11.8 Å². The SMILES string of the molecule is CCCCSCC(NC(=O)c1cccnc1)C(=O)N[C@@H](Cc1ccccc1)C(O)[C@@H](OCCOC)C(=O)NCC(C)C. The van der Waals surface area contributed by atoms with Crippen molar-refractivity contribution >= 4 is 29.5 Å². The molecule has 2 rings (SSSR count). The van der Waals surface area contributed by atoms with Gasteiger partial charge in [-0.05, 0) is 42.2 Å². The Morgan fingerprint density at radius 1 is 1.02 bits per heavy atom. The molecule has 0 aliphatic carbocycles. The van der Waals surface area contributed by atoms with Crippen LogP contribution in [0.2, 0.25) is 0 Å². The molecule has 3 amide bonds. The van der Waals surface area contributed by atoms with Gasteiger partial charge in [-0.3, -0.25) is 19.4 Å². The molecule has 232 valence electrons. The fourth-order valence-electron chi connectivity index (χ4n) is 3.98. The minimum absolute atomic E-state index is 0.0805. The van der Waals surface area contributed by atoms with E-state index in [0.717, 1.165) is 24.2 Å². The average Bonchev–Trinajstić information content (AvgIpc) is 2.99. The van der Waals surface area contributed by atoms with Crippen molar-refractivity contribution in [1.29, 1.82) is 0 Å². The lowest BCUT2D eigenvalue weighted by Gasteiger charge is -2.31. The Hall–Kier alpha value is -2.99. The molecule has 11 heteroatoms. The van der Waals surface area contributed by atoms with Crippen LogP contribution in [-0.2, 0) is 25.5 Å². The molecule has 10 nitrogen and oxygen atoms in total. The van der Waals surface area contributed by atoms with Crippen LogP contribution < -0.4 is 16.0 Å². The van der Waals surface area contributed by atoms with Crippen molar-refractivity contribution in [3.63, 3.8) is 0 Å². The number of amides is 3. The van der Waals surface area contributed by atoms with Gasteiger partial charge in [0.05, 0.1) is 24.8 Å². The Morgan fingerprint density at radius 2 is 1.79 bits per heavy atom. The number of pyridine rings is 1. The lowest BCUT2D eigenvalue weighted by molar-refractivity contribution is -0.145. The summed E-state index contributed by atoms with van der Waals surface area (Å²) in [6.45, 7) is 6.74. The van der Waals surface area contributed by atoms with Crippen LogP contribution in [-0.4, -0.2) is 90.5 Å². The Balaban J connectivity index is 2.31. The van der Waals surface area contributed by atoms with Crippen molar-refractivity contribution in [1.82, 2.24) is 20.9 Å². The maximum absolute atomic E-state index is 13.7. The smallest absolute Gasteiger partial charge is 0.253 e. The number of ether oxygens (including phenoxy) is 2. The van der Waals surface area contributed by atoms with E-state index in [1.165, 1.54) is 13.3 Å². The number of carbonyl (C=O) groups is 3. The van der Waals surface area contributed by atoms with Crippen LogP contribution >= 0.6 is 11.8 Å². The molecule has 1 heterocycles. The highest BCUT2D eigenvalue weighted by Crippen LogP contribution is 2.14. The van der Waals surface area contributed by atoms with Crippen LogP contribution in [0.3, 0.4) is 0 Å². The van der Waals surface area contributed by atoms with E-state index in [4.69, 9.17) is 9.47 Å². The van der Waals surface area contributed by atoms with Crippen LogP contribution in [0, 0.1) is 5.92 Å². The normalized spacial score (nSPS) is 14.0. The summed E-state index contributed by atoms with van der Waals surface area (Å²) in [7, 11) is 1.52. The van der Waals surface area contributed by atoms with Crippen molar-refractivity contribution in [3.05, 3.63) is 66.0 Å². The largest absolute Gasteiger partial charge is 0.388 e. The number of rotatable bonds is 20. The second-order valence-electron chi connectivity index (χ2n) is 10.4. The van der Waals surface area contributed by atoms with Crippen molar-refractivity contribution in [2.75, 3.05) is 38.4 Å². The van der Waals surface area contributed by atoms with E-state index < -0.39 is 42.0 Å². The standard InChI is InChI=1S/C31H46N4O6S/c1-5-6-17-42-21-26(35-29(37)24-13-10-14-32-20-24)30(38)34-25(18-23-11-8-7-9-12-23)27(36)28(41-16-15-40-4)31(39)33-19-22(2)3/h7-14,20,22,25-28,36H,5-6,15-19,21H2,1-4H3,(H,33,39)(H,34,38)(H,35,37)/t25-,26?,27?,28+/m0/s1. The lowest BCUT2D eigenvalue weighted by atomic mass is 9.96. The van der Waals surface area contributed by atoms with Gasteiger partial charge in [0.15, 0.2) is 6.10 Å². The van der Waals surface area contributed by atoms with Gasteiger partial charge in [-0.25, -0.2) is 0 Å². The summed E-state index contributed by atoms with van der Waals surface area (Å²) in [5.41, 5.74) is 1.19. The number of aliphatic hydroxyl groups excluding tert-OH is 1. The predicted octanol–water partition coefficient (Wildman–Crippen LogP) is 2.61. The zero-order chi connectivity index (χ0) is 30.7. The Kier molecular flexibility index (Phi) is 16.8. The number of aromatic nitrogens is 1. The lowest BCUT2D eigenvalue weighted by Crippen LogP contribution is -2.59. The molecule has 4 N–H and O–H groups in total. The Bertz CT molecular complexity index is 1060. The first-order valence-electron chi connectivity index (χ1n) is 14.5. The molecule has 1 aromatic carbocycles. The van der Waals surface area contributed by atoms with Crippen LogP contribution in [0.5, 0.6) is 0 Å². The van der Waals surface area contributed by atoms with E-state index >= 15 is 0 Å². The van der Waals surface area contributed by atoms with Gasteiger partial charge in [-0.1, -0.05) is 57.5 Å². The second-order valence-corrected chi connectivity index (χ2v) is 11.6. The maximum atomic E-state index is 13.7. The molecular weight excluding hydrogens is 556 g/mol. The predicted molar refractivity (Wildman–Crippen MR) is 165 cm³/mol. The molecule has 0 saturated carbocycles. The number of aliphatic hydroxyl groups is 1. The number of hydrogen-bond acceptors (Lipinski definition) is 8. The third-order valence-corrected chi connectivity index (χ3v) is 7.50. The quantitative estimate of drug-likeness (QED) is 0.170. The number of benzene rings is 1. The third kappa shape index (κ3) is 12.9. The monoisotopic (exact) mass is 602 g/mol. The first-order valence-corrected chi connectivity index (χ1v) is 15.6. The number of nitrogens with one attached hydrogen (secondary N) is 3. The molecule has 0 spiro atoms.